The lowest BCUT2D eigenvalue weighted by Gasteiger charge is -2.18. The summed E-state index contributed by atoms with van der Waals surface area (Å²) >= 11 is 0. The van der Waals surface area contributed by atoms with Crippen LogP contribution in [0.15, 0.2) is 42.7 Å². The Morgan fingerprint density at radius 2 is 2.06 bits per heavy atom. The van der Waals surface area contributed by atoms with Crippen molar-refractivity contribution >= 4 is 5.82 Å². The first-order chi connectivity index (χ1) is 7.75. The van der Waals surface area contributed by atoms with Crippen molar-refractivity contribution in [3.05, 3.63) is 54.0 Å². The fraction of sp³-hybridized carbons (Fsp3) is 0.231. The highest BCUT2D eigenvalue weighted by Gasteiger charge is 2.03. The van der Waals surface area contributed by atoms with Gasteiger partial charge in [-0.05, 0) is 30.7 Å². The number of nitrogens with zero attached hydrogens (tertiary/aromatic N) is 3. The Labute approximate surface area is 95.8 Å². The summed E-state index contributed by atoms with van der Waals surface area (Å²) in [6.45, 7) is 2.83. The van der Waals surface area contributed by atoms with Crippen molar-refractivity contribution in [3.63, 3.8) is 0 Å². The van der Waals surface area contributed by atoms with Crippen molar-refractivity contribution in [1.82, 2.24) is 9.97 Å². The van der Waals surface area contributed by atoms with E-state index in [0.717, 1.165) is 18.1 Å². The zero-order valence-corrected chi connectivity index (χ0v) is 9.59. The Balaban J connectivity index is 2.12. The van der Waals surface area contributed by atoms with Gasteiger partial charge in [0.15, 0.2) is 0 Å². The lowest BCUT2D eigenvalue weighted by molar-refractivity contribution is 0.886. The summed E-state index contributed by atoms with van der Waals surface area (Å²) in [6.07, 6.45) is 3.67. The van der Waals surface area contributed by atoms with Crippen LogP contribution in [-0.2, 0) is 6.54 Å². The van der Waals surface area contributed by atoms with Gasteiger partial charge in [0.05, 0.1) is 0 Å². The van der Waals surface area contributed by atoms with E-state index in [1.807, 2.05) is 44.4 Å². The van der Waals surface area contributed by atoms with Crippen LogP contribution in [0, 0.1) is 6.92 Å². The predicted octanol–water partition coefficient (Wildman–Crippen LogP) is 2.42. The molecule has 82 valence electrons. The van der Waals surface area contributed by atoms with Gasteiger partial charge in [0.2, 0.25) is 0 Å². The third kappa shape index (κ3) is 2.57. The third-order valence-electron chi connectivity index (χ3n) is 2.41. The van der Waals surface area contributed by atoms with Gasteiger partial charge < -0.3 is 4.90 Å². The molecule has 0 amide bonds. The highest BCUT2D eigenvalue weighted by molar-refractivity contribution is 5.38. The lowest BCUT2D eigenvalue weighted by atomic mass is 10.2. The minimum absolute atomic E-state index is 0.824. The smallest absolute Gasteiger partial charge is 0.128 e. The van der Waals surface area contributed by atoms with Crippen LogP contribution in [0.1, 0.15) is 11.3 Å². The molecule has 0 saturated heterocycles. The first-order valence-corrected chi connectivity index (χ1v) is 5.29. The molecule has 2 heterocycles. The molecule has 3 nitrogen and oxygen atoms in total. The second-order valence-electron chi connectivity index (χ2n) is 3.85. The maximum atomic E-state index is 4.47. The molecule has 0 unspecified atom stereocenters. The fourth-order valence-electron chi connectivity index (χ4n) is 1.59. The van der Waals surface area contributed by atoms with Gasteiger partial charge in [-0.3, -0.25) is 4.98 Å². The van der Waals surface area contributed by atoms with Crippen LogP contribution in [0.2, 0.25) is 0 Å². The van der Waals surface area contributed by atoms with Gasteiger partial charge in [-0.15, -0.1) is 0 Å². The molecule has 0 N–H and O–H groups in total. The largest absolute Gasteiger partial charge is 0.355 e. The zero-order valence-electron chi connectivity index (χ0n) is 9.59. The van der Waals surface area contributed by atoms with E-state index >= 15 is 0 Å². The Morgan fingerprint density at radius 1 is 1.19 bits per heavy atom. The van der Waals surface area contributed by atoms with E-state index in [4.69, 9.17) is 0 Å². The van der Waals surface area contributed by atoms with E-state index in [0.29, 0.717) is 0 Å². The first kappa shape index (κ1) is 10.6. The number of hydrogen-bond donors (Lipinski definition) is 0. The Morgan fingerprint density at radius 3 is 2.75 bits per heavy atom. The van der Waals surface area contributed by atoms with Crippen LogP contribution in [0.3, 0.4) is 0 Å². The van der Waals surface area contributed by atoms with Gasteiger partial charge >= 0.3 is 0 Å². The van der Waals surface area contributed by atoms with E-state index < -0.39 is 0 Å². The first-order valence-electron chi connectivity index (χ1n) is 5.29. The number of aromatic nitrogens is 2. The minimum atomic E-state index is 0.824. The van der Waals surface area contributed by atoms with Gasteiger partial charge in [0.1, 0.15) is 5.82 Å². The van der Waals surface area contributed by atoms with E-state index in [-0.39, 0.29) is 0 Å². The van der Waals surface area contributed by atoms with Gasteiger partial charge in [-0.25, -0.2) is 4.98 Å². The van der Waals surface area contributed by atoms with Crippen molar-refractivity contribution in [2.45, 2.75) is 13.5 Å². The average molecular weight is 213 g/mol. The van der Waals surface area contributed by atoms with Gasteiger partial charge in [-0.2, -0.15) is 0 Å². The number of rotatable bonds is 3. The Bertz CT molecular complexity index is 454. The number of hydrogen-bond acceptors (Lipinski definition) is 3. The van der Waals surface area contributed by atoms with Crippen molar-refractivity contribution < 1.29 is 0 Å². The normalized spacial score (nSPS) is 10.1. The average Bonchev–Trinajstić information content (AvgIpc) is 2.30. The van der Waals surface area contributed by atoms with Crippen molar-refractivity contribution in [2.24, 2.45) is 0 Å². The van der Waals surface area contributed by atoms with E-state index in [1.165, 1.54) is 5.56 Å². The molecular formula is C13H15N3. The van der Waals surface area contributed by atoms with Crippen LogP contribution >= 0.6 is 0 Å². The zero-order chi connectivity index (χ0) is 11.4. The van der Waals surface area contributed by atoms with Crippen molar-refractivity contribution in [2.75, 3.05) is 11.9 Å². The molecule has 3 heteroatoms. The van der Waals surface area contributed by atoms with Crippen molar-refractivity contribution in [3.8, 4) is 0 Å². The predicted molar refractivity (Wildman–Crippen MR) is 65.3 cm³/mol. The number of anilines is 1. The molecule has 16 heavy (non-hydrogen) atoms. The van der Waals surface area contributed by atoms with Crippen LogP contribution in [0.5, 0.6) is 0 Å². The Kier molecular flexibility index (Phi) is 3.15. The molecule has 0 aromatic carbocycles. The molecule has 0 aliphatic carbocycles. The van der Waals surface area contributed by atoms with Crippen LogP contribution in [0.25, 0.3) is 0 Å². The summed E-state index contributed by atoms with van der Waals surface area (Å²) in [4.78, 5) is 10.7. The lowest BCUT2D eigenvalue weighted by Crippen LogP contribution is -2.17. The summed E-state index contributed by atoms with van der Waals surface area (Å²) in [5.74, 6) is 0.990. The van der Waals surface area contributed by atoms with Crippen molar-refractivity contribution in [1.29, 1.82) is 0 Å². The van der Waals surface area contributed by atoms with Gasteiger partial charge in [-0.1, -0.05) is 12.1 Å². The summed E-state index contributed by atoms with van der Waals surface area (Å²) in [5, 5.41) is 0. The standard InChI is InChI=1S/C13H15N3/c1-11-5-3-7-13(15-11)16(2)10-12-6-4-8-14-9-12/h3-9H,10H2,1-2H3. The summed E-state index contributed by atoms with van der Waals surface area (Å²) < 4.78 is 0. The van der Waals surface area contributed by atoms with Gasteiger partial charge in [0, 0.05) is 31.7 Å². The highest BCUT2D eigenvalue weighted by atomic mass is 15.2. The second kappa shape index (κ2) is 4.75. The van der Waals surface area contributed by atoms with Crippen LogP contribution in [0.4, 0.5) is 5.82 Å². The molecule has 0 aliphatic heterocycles. The van der Waals surface area contributed by atoms with E-state index in [9.17, 15) is 0 Å². The number of pyridine rings is 2. The molecule has 0 bridgehead atoms. The molecule has 2 aromatic heterocycles. The van der Waals surface area contributed by atoms with Gasteiger partial charge in [0.25, 0.3) is 0 Å². The molecule has 0 fully saturated rings. The minimum Gasteiger partial charge on any atom is -0.355 e. The molecule has 0 saturated carbocycles. The molecule has 2 rings (SSSR count). The molecular weight excluding hydrogens is 198 g/mol. The Hall–Kier alpha value is -1.90. The maximum Gasteiger partial charge on any atom is 0.128 e. The van der Waals surface area contributed by atoms with Crippen LogP contribution in [-0.4, -0.2) is 17.0 Å². The fourth-order valence-corrected chi connectivity index (χ4v) is 1.59. The number of aryl methyl sites for hydroxylation is 1. The highest BCUT2D eigenvalue weighted by Crippen LogP contribution is 2.12. The molecule has 0 radical (unpaired) electrons. The van der Waals surface area contributed by atoms with Crippen LogP contribution < -0.4 is 4.90 Å². The molecule has 0 aliphatic rings. The molecule has 2 aromatic rings. The second-order valence-corrected chi connectivity index (χ2v) is 3.85. The summed E-state index contributed by atoms with van der Waals surface area (Å²) in [5.41, 5.74) is 2.23. The quantitative estimate of drug-likeness (QED) is 0.784. The molecule has 0 spiro atoms. The third-order valence-corrected chi connectivity index (χ3v) is 2.41. The topological polar surface area (TPSA) is 29.0 Å². The summed E-state index contributed by atoms with van der Waals surface area (Å²) in [7, 11) is 2.04. The monoisotopic (exact) mass is 213 g/mol. The van der Waals surface area contributed by atoms with E-state index in [2.05, 4.69) is 20.9 Å². The SMILES string of the molecule is Cc1cccc(N(C)Cc2cccnc2)n1. The summed E-state index contributed by atoms with van der Waals surface area (Å²) in [6, 6.07) is 10.1. The molecule has 0 atom stereocenters. The van der Waals surface area contributed by atoms with E-state index in [1.54, 1.807) is 6.20 Å². The maximum absolute atomic E-state index is 4.47.